The first-order valence-corrected chi connectivity index (χ1v) is 5.64. The van der Waals surface area contributed by atoms with Crippen LogP contribution in [0.2, 0.25) is 0 Å². The molecule has 0 aliphatic rings. The standard InChI is InChI=1S/C10H10BrNS/c1-12(2)10-6-7-5-8(11)3-4-9(7)13-10/h3-6H,1-2H3. The molecule has 0 bridgehead atoms. The summed E-state index contributed by atoms with van der Waals surface area (Å²) in [7, 11) is 4.14. The average Bonchev–Trinajstić information content (AvgIpc) is 2.46. The van der Waals surface area contributed by atoms with Crippen molar-refractivity contribution in [3.63, 3.8) is 0 Å². The van der Waals surface area contributed by atoms with Gasteiger partial charge in [0.1, 0.15) is 0 Å². The molecule has 0 amide bonds. The molecule has 1 heterocycles. The van der Waals surface area contributed by atoms with Crippen LogP contribution in [0.5, 0.6) is 0 Å². The topological polar surface area (TPSA) is 3.24 Å². The number of anilines is 1. The zero-order valence-electron chi connectivity index (χ0n) is 7.54. The van der Waals surface area contributed by atoms with Crippen LogP contribution < -0.4 is 4.90 Å². The number of thiophene rings is 1. The molecule has 1 nitrogen and oxygen atoms in total. The van der Waals surface area contributed by atoms with E-state index in [0.29, 0.717) is 0 Å². The Morgan fingerprint density at radius 1 is 1.23 bits per heavy atom. The Bertz CT molecular complexity index is 433. The van der Waals surface area contributed by atoms with E-state index in [0.717, 1.165) is 4.47 Å². The molecule has 0 saturated heterocycles. The predicted molar refractivity (Wildman–Crippen MR) is 63.9 cm³/mol. The predicted octanol–water partition coefficient (Wildman–Crippen LogP) is 3.73. The van der Waals surface area contributed by atoms with E-state index in [2.05, 4.69) is 59.2 Å². The highest BCUT2D eigenvalue weighted by atomic mass is 79.9. The molecule has 0 radical (unpaired) electrons. The highest BCUT2D eigenvalue weighted by Crippen LogP contribution is 2.32. The van der Waals surface area contributed by atoms with Crippen molar-refractivity contribution in [2.24, 2.45) is 0 Å². The van der Waals surface area contributed by atoms with Gasteiger partial charge in [-0.15, -0.1) is 11.3 Å². The van der Waals surface area contributed by atoms with Crippen molar-refractivity contribution in [3.8, 4) is 0 Å². The van der Waals surface area contributed by atoms with Gasteiger partial charge in [0.2, 0.25) is 0 Å². The van der Waals surface area contributed by atoms with Crippen molar-refractivity contribution < 1.29 is 0 Å². The first kappa shape index (κ1) is 9.03. The van der Waals surface area contributed by atoms with E-state index in [1.807, 2.05) is 11.3 Å². The Kier molecular flexibility index (Phi) is 2.30. The summed E-state index contributed by atoms with van der Waals surface area (Å²) in [4.78, 5) is 2.14. The molecule has 1 aromatic carbocycles. The van der Waals surface area contributed by atoms with Crippen LogP contribution in [0.25, 0.3) is 10.1 Å². The average molecular weight is 256 g/mol. The maximum Gasteiger partial charge on any atom is 0.0915 e. The molecule has 0 N–H and O–H groups in total. The summed E-state index contributed by atoms with van der Waals surface area (Å²) in [5.74, 6) is 0. The minimum atomic E-state index is 1.14. The van der Waals surface area contributed by atoms with Gasteiger partial charge in [-0.2, -0.15) is 0 Å². The summed E-state index contributed by atoms with van der Waals surface area (Å²) in [6, 6.07) is 8.60. The fourth-order valence-electron chi connectivity index (χ4n) is 1.22. The van der Waals surface area contributed by atoms with E-state index in [1.54, 1.807) is 0 Å². The molecule has 0 spiro atoms. The molecular weight excluding hydrogens is 246 g/mol. The van der Waals surface area contributed by atoms with E-state index in [1.165, 1.54) is 15.1 Å². The molecule has 0 aliphatic heterocycles. The lowest BCUT2D eigenvalue weighted by atomic mass is 10.3. The van der Waals surface area contributed by atoms with Crippen LogP contribution in [0, 0.1) is 0 Å². The van der Waals surface area contributed by atoms with Crippen LogP contribution in [-0.2, 0) is 0 Å². The second-order valence-corrected chi connectivity index (χ2v) is 5.14. The number of hydrogen-bond acceptors (Lipinski definition) is 2. The Hall–Kier alpha value is -0.540. The molecule has 0 saturated carbocycles. The summed E-state index contributed by atoms with van der Waals surface area (Å²) in [5, 5.41) is 2.61. The largest absolute Gasteiger partial charge is 0.370 e. The Morgan fingerprint density at radius 3 is 2.69 bits per heavy atom. The smallest absolute Gasteiger partial charge is 0.0915 e. The molecule has 0 unspecified atom stereocenters. The van der Waals surface area contributed by atoms with Crippen molar-refractivity contribution in [3.05, 3.63) is 28.7 Å². The van der Waals surface area contributed by atoms with E-state index in [9.17, 15) is 0 Å². The van der Waals surface area contributed by atoms with Crippen molar-refractivity contribution in [2.45, 2.75) is 0 Å². The lowest BCUT2D eigenvalue weighted by Gasteiger charge is -2.06. The molecule has 0 fully saturated rings. The van der Waals surface area contributed by atoms with E-state index in [-0.39, 0.29) is 0 Å². The molecule has 2 aromatic rings. The van der Waals surface area contributed by atoms with Crippen LogP contribution >= 0.6 is 27.3 Å². The van der Waals surface area contributed by atoms with Gasteiger partial charge in [0.25, 0.3) is 0 Å². The highest BCUT2D eigenvalue weighted by molar-refractivity contribution is 9.10. The van der Waals surface area contributed by atoms with Gasteiger partial charge in [-0.05, 0) is 29.7 Å². The molecular formula is C10H10BrNS. The lowest BCUT2D eigenvalue weighted by Crippen LogP contribution is -2.05. The number of halogens is 1. The summed E-state index contributed by atoms with van der Waals surface area (Å²) in [6.45, 7) is 0. The Morgan fingerprint density at radius 2 is 2.00 bits per heavy atom. The number of hydrogen-bond donors (Lipinski definition) is 0. The molecule has 0 aliphatic carbocycles. The van der Waals surface area contributed by atoms with Crippen molar-refractivity contribution in [1.82, 2.24) is 0 Å². The first-order chi connectivity index (χ1) is 6.16. The van der Waals surface area contributed by atoms with Gasteiger partial charge in [-0.3, -0.25) is 0 Å². The number of nitrogens with zero attached hydrogens (tertiary/aromatic N) is 1. The summed E-state index contributed by atoms with van der Waals surface area (Å²) in [5.41, 5.74) is 0. The summed E-state index contributed by atoms with van der Waals surface area (Å²) >= 11 is 5.29. The highest BCUT2D eigenvalue weighted by Gasteiger charge is 2.02. The van der Waals surface area contributed by atoms with Crippen LogP contribution in [0.15, 0.2) is 28.7 Å². The summed E-state index contributed by atoms with van der Waals surface area (Å²) < 4.78 is 2.48. The maximum atomic E-state index is 3.47. The van der Waals surface area contributed by atoms with Crippen molar-refractivity contribution in [2.75, 3.05) is 19.0 Å². The fraction of sp³-hybridized carbons (Fsp3) is 0.200. The number of rotatable bonds is 1. The quantitative estimate of drug-likeness (QED) is 0.751. The van der Waals surface area contributed by atoms with Gasteiger partial charge < -0.3 is 4.90 Å². The van der Waals surface area contributed by atoms with Gasteiger partial charge in [-0.25, -0.2) is 0 Å². The second-order valence-electron chi connectivity index (χ2n) is 3.16. The lowest BCUT2D eigenvalue weighted by molar-refractivity contribution is 1.16. The third-order valence-electron chi connectivity index (χ3n) is 1.91. The molecule has 0 atom stereocenters. The molecule has 3 heteroatoms. The minimum Gasteiger partial charge on any atom is -0.370 e. The van der Waals surface area contributed by atoms with Crippen LogP contribution in [-0.4, -0.2) is 14.1 Å². The third kappa shape index (κ3) is 1.71. The molecule has 2 rings (SSSR count). The SMILES string of the molecule is CN(C)c1cc2cc(Br)ccc2s1. The van der Waals surface area contributed by atoms with Gasteiger partial charge in [-0.1, -0.05) is 15.9 Å². The van der Waals surface area contributed by atoms with E-state index >= 15 is 0 Å². The number of fused-ring (bicyclic) bond motifs is 1. The zero-order chi connectivity index (χ0) is 9.42. The van der Waals surface area contributed by atoms with Crippen LogP contribution in [0.4, 0.5) is 5.00 Å². The normalized spacial score (nSPS) is 10.7. The minimum absolute atomic E-state index is 1.14. The van der Waals surface area contributed by atoms with Crippen molar-refractivity contribution >= 4 is 42.4 Å². The van der Waals surface area contributed by atoms with Gasteiger partial charge in [0.05, 0.1) is 5.00 Å². The van der Waals surface area contributed by atoms with E-state index < -0.39 is 0 Å². The van der Waals surface area contributed by atoms with Gasteiger partial charge in [0.15, 0.2) is 0 Å². The fourth-order valence-corrected chi connectivity index (χ4v) is 2.56. The zero-order valence-corrected chi connectivity index (χ0v) is 9.95. The van der Waals surface area contributed by atoms with Crippen LogP contribution in [0.1, 0.15) is 0 Å². The molecule has 13 heavy (non-hydrogen) atoms. The maximum absolute atomic E-state index is 3.47. The Balaban J connectivity index is 2.62. The van der Waals surface area contributed by atoms with Gasteiger partial charge >= 0.3 is 0 Å². The van der Waals surface area contributed by atoms with Crippen LogP contribution in [0.3, 0.4) is 0 Å². The molecule has 1 aromatic heterocycles. The summed E-state index contributed by atoms with van der Waals surface area (Å²) in [6.07, 6.45) is 0. The third-order valence-corrected chi connectivity index (χ3v) is 3.68. The van der Waals surface area contributed by atoms with Crippen molar-refractivity contribution in [1.29, 1.82) is 0 Å². The molecule has 68 valence electrons. The van der Waals surface area contributed by atoms with E-state index in [4.69, 9.17) is 0 Å². The Labute approximate surface area is 90.1 Å². The number of benzene rings is 1. The monoisotopic (exact) mass is 255 g/mol. The van der Waals surface area contributed by atoms with Gasteiger partial charge in [0, 0.05) is 23.3 Å². The second kappa shape index (κ2) is 3.31. The first-order valence-electron chi connectivity index (χ1n) is 4.03.